The Hall–Kier alpha value is 0.440. The molecule has 0 aliphatic heterocycles. The molecule has 128 valence electrons. The van der Waals surface area contributed by atoms with Gasteiger partial charge < -0.3 is 5.11 Å². The first-order valence-corrected chi connectivity index (χ1v) is 10.3. The Balaban J connectivity index is 1.98. The lowest BCUT2D eigenvalue weighted by Gasteiger charge is -2.60. The fraction of sp³-hybridized carbons (Fsp3) is 1.00. The molecule has 0 saturated heterocycles. The van der Waals surface area contributed by atoms with Gasteiger partial charge in [0.05, 0.1) is 0 Å². The van der Waals surface area contributed by atoms with Crippen LogP contribution < -0.4 is 0 Å². The average molecular weight is 371 g/mol. The van der Waals surface area contributed by atoms with Gasteiger partial charge in [-0.05, 0) is 73.5 Å². The van der Waals surface area contributed by atoms with Gasteiger partial charge in [0.15, 0.2) is 0 Å². The number of hydrogen-bond acceptors (Lipinski definition) is 1. The van der Waals surface area contributed by atoms with Crippen molar-refractivity contribution >= 4 is 15.9 Å². The fourth-order valence-corrected chi connectivity index (χ4v) is 7.32. The van der Waals surface area contributed by atoms with Crippen molar-refractivity contribution in [3.05, 3.63) is 0 Å². The summed E-state index contributed by atoms with van der Waals surface area (Å²) < 4.78 is -0.657. The highest BCUT2D eigenvalue weighted by Crippen LogP contribution is 2.63. The van der Waals surface area contributed by atoms with E-state index in [1.54, 1.807) is 0 Å². The van der Waals surface area contributed by atoms with Crippen LogP contribution in [0.15, 0.2) is 0 Å². The minimum absolute atomic E-state index is 0.0364. The molecule has 7 atom stereocenters. The summed E-state index contributed by atoms with van der Waals surface area (Å²) in [6.07, 6.45) is 8.67. The largest absolute Gasteiger partial charge is 0.378 e. The third kappa shape index (κ3) is 2.42. The summed E-state index contributed by atoms with van der Waals surface area (Å²) in [6, 6.07) is 0. The van der Waals surface area contributed by atoms with Crippen LogP contribution in [0.1, 0.15) is 79.6 Å². The van der Waals surface area contributed by atoms with Crippen molar-refractivity contribution in [2.45, 2.75) is 84.1 Å². The summed E-state index contributed by atoms with van der Waals surface area (Å²) in [5, 5.41) is 11.1. The van der Waals surface area contributed by atoms with E-state index in [0.717, 1.165) is 36.5 Å². The highest BCUT2D eigenvalue weighted by atomic mass is 79.9. The van der Waals surface area contributed by atoms with Gasteiger partial charge in [0, 0.05) is 5.41 Å². The van der Waals surface area contributed by atoms with Crippen LogP contribution in [-0.4, -0.2) is 9.62 Å². The van der Waals surface area contributed by atoms with Gasteiger partial charge in [-0.1, -0.05) is 57.0 Å². The minimum Gasteiger partial charge on any atom is -0.378 e. The third-order valence-electron chi connectivity index (χ3n) is 8.49. The van der Waals surface area contributed by atoms with Gasteiger partial charge in [0.2, 0.25) is 0 Å². The lowest BCUT2D eigenvalue weighted by atomic mass is 9.48. The molecule has 1 N–H and O–H groups in total. The number of alkyl halides is 1. The number of aliphatic hydroxyl groups is 1. The van der Waals surface area contributed by atoms with Crippen LogP contribution in [0.25, 0.3) is 0 Å². The number of halogens is 1. The fourth-order valence-electron chi connectivity index (χ4n) is 6.60. The maximum atomic E-state index is 11.1. The molecule has 3 fully saturated rings. The van der Waals surface area contributed by atoms with Gasteiger partial charge in [-0.15, -0.1) is 0 Å². The van der Waals surface area contributed by atoms with Crippen LogP contribution in [0, 0.1) is 40.4 Å². The lowest BCUT2D eigenvalue weighted by molar-refractivity contribution is -0.133. The molecule has 1 nitrogen and oxygen atoms in total. The molecule has 22 heavy (non-hydrogen) atoms. The molecule has 3 aliphatic carbocycles. The molecule has 3 aliphatic rings. The first kappa shape index (κ1) is 17.3. The molecule has 0 aromatic carbocycles. The predicted molar refractivity (Wildman–Crippen MR) is 96.9 cm³/mol. The van der Waals surface area contributed by atoms with E-state index < -0.39 is 4.51 Å². The normalized spacial score (nSPS) is 55.0. The Labute approximate surface area is 145 Å². The van der Waals surface area contributed by atoms with Gasteiger partial charge in [-0.25, -0.2) is 0 Å². The van der Waals surface area contributed by atoms with Crippen molar-refractivity contribution in [1.82, 2.24) is 0 Å². The van der Waals surface area contributed by atoms with Gasteiger partial charge in [0.25, 0.3) is 0 Å². The molecule has 0 radical (unpaired) electrons. The summed E-state index contributed by atoms with van der Waals surface area (Å²) in [5.41, 5.74) is 0.509. The standard InChI is InChI=1S/C20H35BrO/c1-13-6-7-15-12-17-14(2)8-11-20(21,22)19(17,5)10-9-16(13)18(15,3)4/h13-17,22H,6-12H2,1-5H3/t13-,14-,15+,16+,17-,19+,20?/m1/s1. The summed E-state index contributed by atoms with van der Waals surface area (Å²) in [5.74, 6) is 3.90. The Morgan fingerprint density at radius 2 is 1.50 bits per heavy atom. The van der Waals surface area contributed by atoms with Crippen molar-refractivity contribution in [2.24, 2.45) is 40.4 Å². The molecule has 2 bridgehead atoms. The number of hydrogen-bond donors (Lipinski definition) is 1. The summed E-state index contributed by atoms with van der Waals surface area (Å²) in [4.78, 5) is 0. The maximum absolute atomic E-state index is 11.1. The second kappa shape index (κ2) is 5.48. The monoisotopic (exact) mass is 370 g/mol. The van der Waals surface area contributed by atoms with Gasteiger partial charge >= 0.3 is 0 Å². The van der Waals surface area contributed by atoms with Crippen LogP contribution in [0.2, 0.25) is 0 Å². The van der Waals surface area contributed by atoms with Crippen LogP contribution in [0.3, 0.4) is 0 Å². The minimum atomic E-state index is -0.657. The zero-order chi connectivity index (χ0) is 16.3. The van der Waals surface area contributed by atoms with Gasteiger partial charge in [0.1, 0.15) is 4.51 Å². The number of fused-ring (bicyclic) bond motifs is 3. The Bertz CT molecular complexity index is 429. The molecule has 1 unspecified atom stereocenters. The summed E-state index contributed by atoms with van der Waals surface area (Å²) in [6.45, 7) is 12.3. The summed E-state index contributed by atoms with van der Waals surface area (Å²) >= 11 is 3.76. The SMILES string of the molecule is C[C@@H]1CCC(O)(Br)[C@@]2(C)CC[C@H]3[C@H](C)CC[C@@H](C[C@H]12)C3(C)C. The van der Waals surface area contributed by atoms with E-state index in [0.29, 0.717) is 11.3 Å². The second-order valence-electron chi connectivity index (χ2n) is 9.75. The summed E-state index contributed by atoms with van der Waals surface area (Å²) in [7, 11) is 0. The van der Waals surface area contributed by atoms with Crippen molar-refractivity contribution in [3.63, 3.8) is 0 Å². The van der Waals surface area contributed by atoms with Crippen LogP contribution in [-0.2, 0) is 0 Å². The van der Waals surface area contributed by atoms with Crippen LogP contribution >= 0.6 is 15.9 Å². The van der Waals surface area contributed by atoms with Crippen molar-refractivity contribution in [1.29, 1.82) is 0 Å². The lowest BCUT2D eigenvalue weighted by Crippen LogP contribution is -2.56. The molecule has 3 saturated carbocycles. The van der Waals surface area contributed by atoms with Crippen molar-refractivity contribution < 1.29 is 5.11 Å². The van der Waals surface area contributed by atoms with E-state index in [4.69, 9.17) is 0 Å². The average Bonchev–Trinajstić information content (AvgIpc) is 2.41. The molecule has 0 aromatic rings. The highest BCUT2D eigenvalue weighted by molar-refractivity contribution is 9.10. The molecule has 0 heterocycles. The second-order valence-corrected chi connectivity index (χ2v) is 11.1. The van der Waals surface area contributed by atoms with Gasteiger partial charge in [-0.3, -0.25) is 0 Å². The number of rotatable bonds is 0. The third-order valence-corrected chi connectivity index (χ3v) is 9.79. The Kier molecular flexibility index (Phi) is 4.30. The topological polar surface area (TPSA) is 20.2 Å². The molecular weight excluding hydrogens is 336 g/mol. The highest BCUT2D eigenvalue weighted by Gasteiger charge is 2.58. The van der Waals surface area contributed by atoms with Crippen molar-refractivity contribution in [3.8, 4) is 0 Å². The van der Waals surface area contributed by atoms with E-state index >= 15 is 0 Å². The zero-order valence-electron chi connectivity index (χ0n) is 15.2. The first-order chi connectivity index (χ1) is 10.1. The smallest absolute Gasteiger partial charge is 0.125 e. The first-order valence-electron chi connectivity index (χ1n) is 9.51. The quantitative estimate of drug-likeness (QED) is 0.518. The van der Waals surface area contributed by atoms with E-state index in [1.165, 1.54) is 32.1 Å². The molecule has 0 aromatic heterocycles. The van der Waals surface area contributed by atoms with Crippen LogP contribution in [0.5, 0.6) is 0 Å². The Morgan fingerprint density at radius 3 is 2.18 bits per heavy atom. The maximum Gasteiger partial charge on any atom is 0.125 e. The van der Waals surface area contributed by atoms with E-state index in [1.807, 2.05) is 0 Å². The molecular formula is C20H35BrO. The van der Waals surface area contributed by atoms with Crippen molar-refractivity contribution in [2.75, 3.05) is 0 Å². The Morgan fingerprint density at radius 1 is 0.864 bits per heavy atom. The van der Waals surface area contributed by atoms with Gasteiger partial charge in [-0.2, -0.15) is 0 Å². The predicted octanol–water partition coefficient (Wildman–Crippen LogP) is 5.99. The molecule has 0 spiro atoms. The van der Waals surface area contributed by atoms with E-state index in [9.17, 15) is 5.11 Å². The van der Waals surface area contributed by atoms with Crippen LogP contribution in [0.4, 0.5) is 0 Å². The van der Waals surface area contributed by atoms with E-state index in [2.05, 4.69) is 50.5 Å². The van der Waals surface area contributed by atoms with E-state index in [-0.39, 0.29) is 5.41 Å². The molecule has 2 heteroatoms. The molecule has 0 amide bonds. The molecule has 3 rings (SSSR count). The zero-order valence-corrected chi connectivity index (χ0v) is 16.7.